The zero-order chi connectivity index (χ0) is 13.7. The maximum atomic E-state index is 12.1. The van der Waals surface area contributed by atoms with Crippen molar-refractivity contribution in [2.45, 2.75) is 32.6 Å². The van der Waals surface area contributed by atoms with Crippen LogP contribution in [0.2, 0.25) is 0 Å². The second-order valence-electron chi connectivity index (χ2n) is 5.26. The van der Waals surface area contributed by atoms with E-state index in [0.717, 1.165) is 49.6 Å². The third-order valence-corrected chi connectivity index (χ3v) is 4.44. The Kier molecular flexibility index (Phi) is 5.34. The zero-order valence-corrected chi connectivity index (χ0v) is 12.6. The number of aryl methyl sites for hydroxylation is 2. The summed E-state index contributed by atoms with van der Waals surface area (Å²) < 4.78 is 0. The van der Waals surface area contributed by atoms with Gasteiger partial charge in [0.2, 0.25) is 5.91 Å². The van der Waals surface area contributed by atoms with Crippen molar-refractivity contribution in [3.05, 3.63) is 16.1 Å². The van der Waals surface area contributed by atoms with Crippen LogP contribution in [-0.4, -0.2) is 42.5 Å². The van der Waals surface area contributed by atoms with Gasteiger partial charge >= 0.3 is 0 Å². The second kappa shape index (κ2) is 7.01. The molecule has 19 heavy (non-hydrogen) atoms. The molecule has 1 aliphatic heterocycles. The largest absolute Gasteiger partial charge is 0.342 e. The number of amides is 1. The molecule has 4 nitrogen and oxygen atoms in total. The van der Waals surface area contributed by atoms with Gasteiger partial charge in [0.15, 0.2) is 0 Å². The third-order valence-electron chi connectivity index (χ3n) is 3.62. The number of rotatable bonds is 6. The van der Waals surface area contributed by atoms with E-state index in [1.807, 2.05) is 18.9 Å². The number of thiazole rings is 1. The summed E-state index contributed by atoms with van der Waals surface area (Å²) in [5, 5.41) is 6.39. The summed E-state index contributed by atoms with van der Waals surface area (Å²) in [6.07, 6.45) is 3.62. The lowest BCUT2D eigenvalue weighted by Crippen LogP contribution is -2.30. The number of carbonyl (C=O) groups excluding carboxylic acids is 1. The van der Waals surface area contributed by atoms with Gasteiger partial charge in [-0.15, -0.1) is 11.3 Å². The number of hydrogen-bond donors (Lipinski definition) is 1. The van der Waals surface area contributed by atoms with Crippen molar-refractivity contribution in [1.82, 2.24) is 15.2 Å². The first kappa shape index (κ1) is 14.5. The van der Waals surface area contributed by atoms with Crippen LogP contribution in [0.1, 0.15) is 30.0 Å². The lowest BCUT2D eigenvalue weighted by atomic mass is 10.1. The maximum Gasteiger partial charge on any atom is 0.222 e. The quantitative estimate of drug-likeness (QED) is 0.865. The Hall–Kier alpha value is -0.940. The van der Waals surface area contributed by atoms with E-state index in [2.05, 4.69) is 15.7 Å². The summed E-state index contributed by atoms with van der Waals surface area (Å²) in [5.74, 6) is 0.945. The summed E-state index contributed by atoms with van der Waals surface area (Å²) in [4.78, 5) is 18.5. The Bertz CT molecular complexity index is 419. The molecule has 1 amide bonds. The van der Waals surface area contributed by atoms with Crippen LogP contribution in [-0.2, 0) is 11.2 Å². The second-order valence-corrected chi connectivity index (χ2v) is 6.33. The molecule has 2 rings (SSSR count). The van der Waals surface area contributed by atoms with E-state index in [1.54, 1.807) is 11.3 Å². The molecule has 1 atom stereocenters. The zero-order valence-electron chi connectivity index (χ0n) is 11.8. The van der Waals surface area contributed by atoms with Gasteiger partial charge in [0.1, 0.15) is 0 Å². The molecule has 0 spiro atoms. The number of aromatic nitrogens is 1. The fourth-order valence-electron chi connectivity index (χ4n) is 2.62. The van der Waals surface area contributed by atoms with Crippen molar-refractivity contribution in [2.24, 2.45) is 5.92 Å². The molecule has 0 bridgehead atoms. The molecular weight excluding hydrogens is 258 g/mol. The summed E-state index contributed by atoms with van der Waals surface area (Å²) in [7, 11) is 1.97. The Morgan fingerprint density at radius 1 is 1.63 bits per heavy atom. The molecular formula is C14H23N3OS. The van der Waals surface area contributed by atoms with Crippen molar-refractivity contribution in [1.29, 1.82) is 0 Å². The van der Waals surface area contributed by atoms with Gasteiger partial charge in [0.25, 0.3) is 0 Å². The molecule has 1 N–H and O–H groups in total. The van der Waals surface area contributed by atoms with Crippen LogP contribution in [0.4, 0.5) is 0 Å². The fraction of sp³-hybridized carbons (Fsp3) is 0.714. The van der Waals surface area contributed by atoms with E-state index in [-0.39, 0.29) is 0 Å². The van der Waals surface area contributed by atoms with E-state index in [1.165, 1.54) is 0 Å². The van der Waals surface area contributed by atoms with E-state index >= 15 is 0 Å². The minimum atomic E-state index is 0.311. The minimum absolute atomic E-state index is 0.311. The Labute approximate surface area is 119 Å². The molecule has 1 aromatic rings. The minimum Gasteiger partial charge on any atom is -0.342 e. The molecule has 5 heteroatoms. The molecule has 0 radical (unpaired) electrons. The SMILES string of the molecule is CNCC1CCN(C(=O)CCCc2csc(C)n2)C1. The molecule has 0 aliphatic carbocycles. The highest BCUT2D eigenvalue weighted by molar-refractivity contribution is 7.09. The van der Waals surface area contributed by atoms with Crippen molar-refractivity contribution < 1.29 is 4.79 Å². The molecule has 2 heterocycles. The molecule has 1 saturated heterocycles. The molecule has 1 unspecified atom stereocenters. The predicted molar refractivity (Wildman–Crippen MR) is 78.4 cm³/mol. The summed E-state index contributed by atoms with van der Waals surface area (Å²) in [5.41, 5.74) is 1.13. The average Bonchev–Trinajstić information content (AvgIpc) is 2.99. The Morgan fingerprint density at radius 3 is 3.16 bits per heavy atom. The molecule has 106 valence electrons. The van der Waals surface area contributed by atoms with Crippen LogP contribution in [0.3, 0.4) is 0 Å². The lowest BCUT2D eigenvalue weighted by molar-refractivity contribution is -0.130. The highest BCUT2D eigenvalue weighted by atomic mass is 32.1. The van der Waals surface area contributed by atoms with Crippen molar-refractivity contribution in [2.75, 3.05) is 26.7 Å². The summed E-state index contributed by atoms with van der Waals surface area (Å²) >= 11 is 1.68. The highest BCUT2D eigenvalue weighted by Crippen LogP contribution is 2.17. The monoisotopic (exact) mass is 281 g/mol. The van der Waals surface area contributed by atoms with Crippen LogP contribution in [0, 0.1) is 12.8 Å². The van der Waals surface area contributed by atoms with Gasteiger partial charge < -0.3 is 10.2 Å². The summed E-state index contributed by atoms with van der Waals surface area (Å²) in [6.45, 7) is 4.89. The maximum absolute atomic E-state index is 12.1. The van der Waals surface area contributed by atoms with Crippen LogP contribution < -0.4 is 5.32 Å². The lowest BCUT2D eigenvalue weighted by Gasteiger charge is -2.16. The highest BCUT2D eigenvalue weighted by Gasteiger charge is 2.25. The average molecular weight is 281 g/mol. The van der Waals surface area contributed by atoms with Crippen LogP contribution in [0.15, 0.2) is 5.38 Å². The van der Waals surface area contributed by atoms with Crippen molar-refractivity contribution in [3.8, 4) is 0 Å². The molecule has 1 aliphatic rings. The van der Waals surface area contributed by atoms with E-state index in [4.69, 9.17) is 0 Å². The van der Waals surface area contributed by atoms with E-state index in [0.29, 0.717) is 18.2 Å². The first-order valence-electron chi connectivity index (χ1n) is 7.02. The van der Waals surface area contributed by atoms with E-state index in [9.17, 15) is 4.79 Å². The smallest absolute Gasteiger partial charge is 0.222 e. The number of nitrogens with zero attached hydrogens (tertiary/aromatic N) is 2. The van der Waals surface area contributed by atoms with Crippen LogP contribution in [0.5, 0.6) is 0 Å². The van der Waals surface area contributed by atoms with Gasteiger partial charge in [0, 0.05) is 24.9 Å². The molecule has 0 aromatic carbocycles. The normalized spacial score (nSPS) is 19.1. The van der Waals surface area contributed by atoms with Gasteiger partial charge in [-0.2, -0.15) is 0 Å². The number of carbonyl (C=O) groups is 1. The first-order chi connectivity index (χ1) is 9.19. The van der Waals surface area contributed by atoms with Crippen LogP contribution >= 0.6 is 11.3 Å². The van der Waals surface area contributed by atoms with E-state index < -0.39 is 0 Å². The van der Waals surface area contributed by atoms with Gasteiger partial charge in [-0.05, 0) is 45.7 Å². The molecule has 0 saturated carbocycles. The Balaban J connectivity index is 1.67. The predicted octanol–water partition coefficient (Wildman–Crippen LogP) is 1.84. The first-order valence-corrected chi connectivity index (χ1v) is 7.90. The third kappa shape index (κ3) is 4.28. The van der Waals surface area contributed by atoms with Gasteiger partial charge in [-0.25, -0.2) is 4.98 Å². The molecule has 1 fully saturated rings. The standard InChI is InChI=1S/C14H23N3OS/c1-11-16-13(10-19-11)4-3-5-14(18)17-7-6-12(9-17)8-15-2/h10,12,15H,3-9H2,1-2H3. The van der Waals surface area contributed by atoms with Crippen LogP contribution in [0.25, 0.3) is 0 Å². The number of likely N-dealkylation sites (tertiary alicyclic amines) is 1. The number of nitrogens with one attached hydrogen (secondary N) is 1. The Morgan fingerprint density at radius 2 is 2.47 bits per heavy atom. The molecule has 1 aromatic heterocycles. The van der Waals surface area contributed by atoms with Crippen molar-refractivity contribution >= 4 is 17.2 Å². The van der Waals surface area contributed by atoms with Crippen molar-refractivity contribution in [3.63, 3.8) is 0 Å². The van der Waals surface area contributed by atoms with Gasteiger partial charge in [0.05, 0.1) is 10.7 Å². The summed E-state index contributed by atoms with van der Waals surface area (Å²) in [6, 6.07) is 0. The topological polar surface area (TPSA) is 45.2 Å². The fourth-order valence-corrected chi connectivity index (χ4v) is 3.26. The van der Waals surface area contributed by atoms with Gasteiger partial charge in [-0.3, -0.25) is 4.79 Å². The van der Waals surface area contributed by atoms with Gasteiger partial charge in [-0.1, -0.05) is 0 Å². The number of hydrogen-bond acceptors (Lipinski definition) is 4.